The van der Waals surface area contributed by atoms with Gasteiger partial charge in [0.25, 0.3) is 0 Å². The lowest BCUT2D eigenvalue weighted by atomic mass is 9.77. The van der Waals surface area contributed by atoms with E-state index in [1.54, 1.807) is 5.30 Å². The summed E-state index contributed by atoms with van der Waals surface area (Å²) in [6.45, 7) is 15.5. The maximum atomic E-state index is 6.12. The zero-order valence-electron chi connectivity index (χ0n) is 20.2. The topological polar surface area (TPSA) is 27.7 Å². The van der Waals surface area contributed by atoms with E-state index >= 15 is 0 Å². The molecule has 4 atom stereocenters. The fraction of sp³-hybridized carbons (Fsp3) is 0.760. The highest BCUT2D eigenvalue weighted by atomic mass is 31.1. The molecule has 0 aliphatic heterocycles. The van der Waals surface area contributed by atoms with Gasteiger partial charge in [-0.1, -0.05) is 65.4 Å². The van der Waals surface area contributed by atoms with E-state index in [4.69, 9.17) is 13.3 Å². The van der Waals surface area contributed by atoms with Crippen LogP contribution in [0.4, 0.5) is 0 Å². The molecular formula is C25H45O3PSi. The van der Waals surface area contributed by atoms with Crippen molar-refractivity contribution >= 4 is 22.0 Å². The van der Waals surface area contributed by atoms with Gasteiger partial charge < -0.3 is 13.3 Å². The van der Waals surface area contributed by atoms with Crippen LogP contribution in [0.5, 0.6) is 0 Å². The van der Waals surface area contributed by atoms with Gasteiger partial charge in [-0.2, -0.15) is 0 Å². The molecule has 0 saturated heterocycles. The van der Waals surface area contributed by atoms with Gasteiger partial charge in [-0.3, -0.25) is 0 Å². The Morgan fingerprint density at radius 1 is 0.967 bits per heavy atom. The zero-order chi connectivity index (χ0) is 22.0. The minimum absolute atomic E-state index is 0.198. The van der Waals surface area contributed by atoms with Crippen LogP contribution >= 0.6 is 7.92 Å². The SMILES string of the molecule is CCO[Si](CCCP(c1ccccc1)C1CC(C)CCC1C(C)C)(OCC)OCC. The fourth-order valence-electron chi connectivity index (χ4n) is 5.08. The van der Waals surface area contributed by atoms with E-state index in [-0.39, 0.29) is 7.92 Å². The molecule has 2 rings (SSSR count). The summed E-state index contributed by atoms with van der Waals surface area (Å²) in [5, 5.41) is 1.58. The maximum Gasteiger partial charge on any atom is 0.500 e. The van der Waals surface area contributed by atoms with Crippen LogP contribution in [0.15, 0.2) is 30.3 Å². The van der Waals surface area contributed by atoms with Gasteiger partial charge in [0.05, 0.1) is 0 Å². The van der Waals surface area contributed by atoms with Crippen molar-refractivity contribution in [3.8, 4) is 0 Å². The second-order valence-corrected chi connectivity index (χ2v) is 14.3. The van der Waals surface area contributed by atoms with Crippen molar-refractivity contribution in [2.24, 2.45) is 17.8 Å². The molecule has 0 spiro atoms. The molecular weight excluding hydrogens is 407 g/mol. The summed E-state index contributed by atoms with van der Waals surface area (Å²) < 4.78 is 18.4. The first kappa shape index (κ1) is 26.0. The molecule has 0 radical (unpaired) electrons. The van der Waals surface area contributed by atoms with Crippen molar-refractivity contribution in [2.45, 2.75) is 78.9 Å². The number of rotatable bonds is 13. The summed E-state index contributed by atoms with van der Waals surface area (Å²) in [5.41, 5.74) is 0.827. The second-order valence-electron chi connectivity index (χ2n) is 9.01. The summed E-state index contributed by atoms with van der Waals surface area (Å²) in [4.78, 5) is 0. The molecule has 1 aromatic rings. The van der Waals surface area contributed by atoms with Gasteiger partial charge in [0.15, 0.2) is 0 Å². The molecule has 1 saturated carbocycles. The highest BCUT2D eigenvalue weighted by Gasteiger charge is 2.41. The predicted molar refractivity (Wildman–Crippen MR) is 133 cm³/mol. The van der Waals surface area contributed by atoms with Crippen LogP contribution in [0.1, 0.15) is 67.2 Å². The summed E-state index contributed by atoms with van der Waals surface area (Å²) in [6.07, 6.45) is 6.55. The average molecular weight is 453 g/mol. The molecule has 4 unspecified atom stereocenters. The first-order chi connectivity index (χ1) is 14.5. The Morgan fingerprint density at radius 3 is 2.10 bits per heavy atom. The highest BCUT2D eigenvalue weighted by molar-refractivity contribution is 7.66. The van der Waals surface area contributed by atoms with Gasteiger partial charge in [-0.05, 0) is 74.9 Å². The van der Waals surface area contributed by atoms with Crippen molar-refractivity contribution in [1.82, 2.24) is 0 Å². The standard InChI is InChI=1S/C25H45O3PSi/c1-7-26-30(27-8-2,28-9-3)19-13-18-29(23-14-11-10-12-15-23)25-20-22(6)16-17-24(25)21(4)5/h10-12,14-15,21-22,24-25H,7-9,13,16-20H2,1-6H3. The Bertz CT molecular complexity index is 566. The number of benzene rings is 1. The Labute approximate surface area is 188 Å². The monoisotopic (exact) mass is 452 g/mol. The fourth-order valence-corrected chi connectivity index (χ4v) is 11.6. The van der Waals surface area contributed by atoms with Gasteiger partial charge >= 0.3 is 8.80 Å². The van der Waals surface area contributed by atoms with Crippen molar-refractivity contribution < 1.29 is 13.3 Å². The van der Waals surface area contributed by atoms with E-state index in [0.717, 1.165) is 35.9 Å². The van der Waals surface area contributed by atoms with Crippen molar-refractivity contribution in [2.75, 3.05) is 26.0 Å². The largest absolute Gasteiger partial charge is 0.500 e. The highest BCUT2D eigenvalue weighted by Crippen LogP contribution is 2.53. The minimum atomic E-state index is -2.55. The number of hydrogen-bond acceptors (Lipinski definition) is 3. The van der Waals surface area contributed by atoms with Crippen molar-refractivity contribution in [1.29, 1.82) is 0 Å². The normalized spacial score (nSPS) is 23.6. The smallest absolute Gasteiger partial charge is 0.374 e. The second kappa shape index (κ2) is 13.3. The third-order valence-electron chi connectivity index (χ3n) is 6.45. The molecule has 1 fully saturated rings. The molecule has 0 bridgehead atoms. The molecule has 1 aliphatic rings. The summed E-state index contributed by atoms with van der Waals surface area (Å²) in [7, 11) is -2.75. The van der Waals surface area contributed by atoms with E-state index in [0.29, 0.717) is 19.8 Å². The minimum Gasteiger partial charge on any atom is -0.374 e. The molecule has 172 valence electrons. The Balaban J connectivity index is 2.19. The molecule has 0 N–H and O–H groups in total. The van der Waals surface area contributed by atoms with Crippen molar-refractivity contribution in [3.05, 3.63) is 30.3 Å². The molecule has 3 nitrogen and oxygen atoms in total. The summed E-state index contributed by atoms with van der Waals surface area (Å²) >= 11 is 0. The Kier molecular flexibility index (Phi) is 11.6. The van der Waals surface area contributed by atoms with Gasteiger partial charge in [0.1, 0.15) is 0 Å². The maximum absolute atomic E-state index is 6.12. The predicted octanol–water partition coefficient (Wildman–Crippen LogP) is 6.69. The van der Waals surface area contributed by atoms with Gasteiger partial charge in [-0.15, -0.1) is 0 Å². The third kappa shape index (κ3) is 7.41. The van der Waals surface area contributed by atoms with E-state index in [1.807, 2.05) is 20.8 Å². The lowest BCUT2D eigenvalue weighted by molar-refractivity contribution is 0.0712. The van der Waals surface area contributed by atoms with E-state index in [9.17, 15) is 0 Å². The molecule has 0 amide bonds. The van der Waals surface area contributed by atoms with Gasteiger partial charge in [0.2, 0.25) is 0 Å². The van der Waals surface area contributed by atoms with E-state index < -0.39 is 8.80 Å². The Hall–Kier alpha value is -0.253. The first-order valence-corrected chi connectivity index (χ1v) is 15.7. The molecule has 5 heteroatoms. The van der Waals surface area contributed by atoms with Crippen LogP contribution in [0.2, 0.25) is 6.04 Å². The van der Waals surface area contributed by atoms with E-state index in [2.05, 4.69) is 51.1 Å². The van der Waals surface area contributed by atoms with Crippen LogP contribution in [0.3, 0.4) is 0 Å². The Morgan fingerprint density at radius 2 is 1.57 bits per heavy atom. The first-order valence-electron chi connectivity index (χ1n) is 12.2. The van der Waals surface area contributed by atoms with Crippen LogP contribution < -0.4 is 5.30 Å². The lowest BCUT2D eigenvalue weighted by Gasteiger charge is -2.42. The van der Waals surface area contributed by atoms with Crippen LogP contribution in [0, 0.1) is 17.8 Å². The zero-order valence-corrected chi connectivity index (χ0v) is 22.1. The molecule has 30 heavy (non-hydrogen) atoms. The molecule has 1 aliphatic carbocycles. The summed E-state index contributed by atoms with van der Waals surface area (Å²) in [5.74, 6) is 2.46. The number of hydrogen-bond donors (Lipinski definition) is 0. The lowest BCUT2D eigenvalue weighted by Crippen LogP contribution is -2.46. The third-order valence-corrected chi connectivity index (χ3v) is 12.8. The molecule has 1 aromatic carbocycles. The van der Waals surface area contributed by atoms with Crippen LogP contribution in [-0.2, 0) is 13.3 Å². The van der Waals surface area contributed by atoms with Crippen LogP contribution in [0.25, 0.3) is 0 Å². The average Bonchev–Trinajstić information content (AvgIpc) is 2.72. The molecule has 0 heterocycles. The van der Waals surface area contributed by atoms with Gasteiger partial charge in [-0.25, -0.2) is 0 Å². The van der Waals surface area contributed by atoms with E-state index in [1.165, 1.54) is 25.4 Å². The van der Waals surface area contributed by atoms with Crippen LogP contribution in [-0.4, -0.2) is 40.4 Å². The van der Waals surface area contributed by atoms with Crippen molar-refractivity contribution in [3.63, 3.8) is 0 Å². The summed E-state index contributed by atoms with van der Waals surface area (Å²) in [6, 6.07) is 12.3. The van der Waals surface area contributed by atoms with Gasteiger partial charge in [0, 0.05) is 25.9 Å². The quantitative estimate of drug-likeness (QED) is 0.246. The molecule has 0 aromatic heterocycles.